The molecule has 14 heavy (non-hydrogen) atoms. The highest BCUT2D eigenvalue weighted by Gasteiger charge is 2.32. The third-order valence-electron chi connectivity index (χ3n) is 1.02. The quantitative estimate of drug-likeness (QED) is 0.292. The number of hydroxylamine groups is 1. The molecule has 0 aliphatic rings. The third-order valence-corrected chi connectivity index (χ3v) is 3.06. The maximum atomic E-state index is 10.7. The molecule has 0 aliphatic heterocycles. The van der Waals surface area contributed by atoms with E-state index in [2.05, 4.69) is 14.4 Å². The Morgan fingerprint density at radius 2 is 1.86 bits per heavy atom. The molecule has 0 aromatic carbocycles. The van der Waals surface area contributed by atoms with Gasteiger partial charge in [0.15, 0.2) is 0 Å². The van der Waals surface area contributed by atoms with Gasteiger partial charge in [0.2, 0.25) is 0 Å². The summed E-state index contributed by atoms with van der Waals surface area (Å²) in [6.45, 7) is 2.18. The lowest BCUT2D eigenvalue weighted by molar-refractivity contribution is 0.118. The summed E-state index contributed by atoms with van der Waals surface area (Å²) in [7, 11) is -9.75. The fraction of sp³-hybridized carbons (Fsp3) is 1.00. The van der Waals surface area contributed by atoms with Crippen molar-refractivity contribution in [3.8, 4) is 0 Å². The van der Waals surface area contributed by atoms with E-state index < -0.39 is 15.6 Å². The zero-order valence-corrected chi connectivity index (χ0v) is 9.28. The van der Waals surface area contributed by atoms with Crippen LogP contribution in [0.2, 0.25) is 0 Å². The molecule has 0 bridgehead atoms. The zero-order chi connectivity index (χ0) is 11.2. The Morgan fingerprint density at radius 3 is 2.29 bits per heavy atom. The number of rotatable bonds is 7. The number of hydrogen-bond acceptors (Lipinski definition) is 5. The van der Waals surface area contributed by atoms with Gasteiger partial charge < -0.3 is 14.7 Å². The van der Waals surface area contributed by atoms with E-state index in [1.54, 1.807) is 0 Å². The summed E-state index contributed by atoms with van der Waals surface area (Å²) in [5.41, 5.74) is 2.07. The van der Waals surface area contributed by atoms with Gasteiger partial charge in [0.25, 0.3) is 0 Å². The van der Waals surface area contributed by atoms with Crippen LogP contribution in [0.5, 0.6) is 0 Å². The smallest absolute Gasteiger partial charge is 0.302 e. The lowest BCUT2D eigenvalue weighted by Crippen LogP contribution is -2.14. The first-order chi connectivity index (χ1) is 6.27. The largest absolute Gasteiger partial charge is 0.497 e. The van der Waals surface area contributed by atoms with E-state index in [4.69, 9.17) is 14.7 Å². The molecule has 0 fully saturated rings. The van der Waals surface area contributed by atoms with E-state index in [9.17, 15) is 9.13 Å². The fourth-order valence-electron chi connectivity index (χ4n) is 0.527. The van der Waals surface area contributed by atoms with Gasteiger partial charge in [-0.1, -0.05) is 13.3 Å². The van der Waals surface area contributed by atoms with Crippen molar-refractivity contribution < 1.29 is 32.7 Å². The van der Waals surface area contributed by atoms with Crippen molar-refractivity contribution in [1.29, 1.82) is 0 Å². The minimum Gasteiger partial charge on any atom is -0.302 e. The van der Waals surface area contributed by atoms with Crippen molar-refractivity contribution in [2.24, 2.45) is 0 Å². The lowest BCUT2D eigenvalue weighted by Gasteiger charge is -2.11. The number of phosphoric acid groups is 2. The van der Waals surface area contributed by atoms with Gasteiger partial charge in [-0.2, -0.15) is 14.4 Å². The van der Waals surface area contributed by atoms with Crippen molar-refractivity contribution in [2.75, 3.05) is 6.54 Å². The molecule has 86 valence electrons. The summed E-state index contributed by atoms with van der Waals surface area (Å²) in [5.74, 6) is 0. The van der Waals surface area contributed by atoms with Gasteiger partial charge in [0.05, 0.1) is 0 Å². The van der Waals surface area contributed by atoms with Gasteiger partial charge in [-0.05, 0) is 6.42 Å². The van der Waals surface area contributed by atoms with Crippen molar-refractivity contribution in [1.82, 2.24) is 5.48 Å². The van der Waals surface area contributed by atoms with Crippen molar-refractivity contribution in [2.45, 2.75) is 19.8 Å². The summed E-state index contributed by atoms with van der Waals surface area (Å²) in [6, 6.07) is 0. The fourth-order valence-corrected chi connectivity index (χ4v) is 1.99. The number of unbranched alkanes of at least 4 members (excludes halogenated alkanes) is 1. The first kappa shape index (κ1) is 14.2. The molecule has 1 unspecified atom stereocenters. The highest BCUT2D eigenvalue weighted by Crippen LogP contribution is 2.56. The van der Waals surface area contributed by atoms with Crippen molar-refractivity contribution >= 4 is 15.6 Å². The molecule has 0 aromatic rings. The Kier molecular flexibility index (Phi) is 6.04. The van der Waals surface area contributed by atoms with Crippen molar-refractivity contribution in [3.05, 3.63) is 0 Å². The van der Waals surface area contributed by atoms with Crippen molar-refractivity contribution in [3.63, 3.8) is 0 Å². The summed E-state index contributed by atoms with van der Waals surface area (Å²) in [5, 5.41) is 0. The molecule has 0 amide bonds. The van der Waals surface area contributed by atoms with E-state index in [1.165, 1.54) is 0 Å². The molecule has 8 nitrogen and oxygen atoms in total. The SMILES string of the molecule is CCCCNOP(=O)(O)OP(=O)(O)O. The van der Waals surface area contributed by atoms with E-state index in [1.807, 2.05) is 6.92 Å². The van der Waals surface area contributed by atoms with Gasteiger partial charge in [0, 0.05) is 6.54 Å². The molecule has 0 saturated carbocycles. The van der Waals surface area contributed by atoms with Gasteiger partial charge >= 0.3 is 15.6 Å². The second kappa shape index (κ2) is 5.95. The van der Waals surface area contributed by atoms with Crippen LogP contribution in [0.15, 0.2) is 0 Å². The molecule has 0 aliphatic carbocycles. The second-order valence-corrected chi connectivity index (χ2v) is 5.13. The molecule has 4 N–H and O–H groups in total. The van der Waals surface area contributed by atoms with Gasteiger partial charge in [-0.3, -0.25) is 0 Å². The molecule has 1 atom stereocenters. The third kappa shape index (κ3) is 8.80. The Bertz CT molecular complexity index is 250. The second-order valence-electron chi connectivity index (χ2n) is 2.38. The monoisotopic (exact) mass is 249 g/mol. The van der Waals surface area contributed by atoms with E-state index in [0.29, 0.717) is 6.42 Å². The predicted octanol–water partition coefficient (Wildman–Crippen LogP) is 0.517. The standard InChI is InChI=1S/C4H13NO7P2/c1-2-3-4-5-11-14(9,10)12-13(6,7)8/h5H,2-4H2,1H3,(H,9,10)(H2,6,7,8). The first-order valence-electron chi connectivity index (χ1n) is 3.78. The summed E-state index contributed by atoms with van der Waals surface area (Å²) < 4.78 is 28.5. The van der Waals surface area contributed by atoms with E-state index in [-0.39, 0.29) is 6.54 Å². The van der Waals surface area contributed by atoms with Gasteiger partial charge in [-0.15, -0.1) is 0 Å². The van der Waals surface area contributed by atoms with Crippen LogP contribution in [-0.2, 0) is 18.1 Å². The molecule has 0 saturated heterocycles. The first-order valence-corrected chi connectivity index (χ1v) is 6.80. The van der Waals surface area contributed by atoms with Gasteiger partial charge in [-0.25, -0.2) is 9.13 Å². The molecular weight excluding hydrogens is 236 g/mol. The minimum absolute atomic E-state index is 0.283. The van der Waals surface area contributed by atoms with Crippen LogP contribution < -0.4 is 5.48 Å². The highest BCUT2D eigenvalue weighted by molar-refractivity contribution is 7.60. The molecule has 0 heterocycles. The van der Waals surface area contributed by atoms with Crippen LogP contribution in [0.25, 0.3) is 0 Å². The highest BCUT2D eigenvalue weighted by atomic mass is 31.3. The Balaban J connectivity index is 3.85. The molecule has 0 spiro atoms. The van der Waals surface area contributed by atoms with Crippen LogP contribution in [0.4, 0.5) is 0 Å². The molecule has 0 radical (unpaired) electrons. The van der Waals surface area contributed by atoms with Gasteiger partial charge in [0.1, 0.15) is 0 Å². The maximum Gasteiger partial charge on any atom is 0.497 e. The number of hydrogen-bond donors (Lipinski definition) is 4. The molecule has 0 rings (SSSR count). The summed E-state index contributed by atoms with van der Waals surface area (Å²) in [6.07, 6.45) is 1.53. The van der Waals surface area contributed by atoms with Crippen LogP contribution in [0.1, 0.15) is 19.8 Å². The minimum atomic E-state index is -5.02. The number of nitrogens with one attached hydrogen (secondary N) is 1. The predicted molar refractivity (Wildman–Crippen MR) is 47.0 cm³/mol. The average Bonchev–Trinajstić information content (AvgIpc) is 1.93. The molecule has 10 heteroatoms. The Labute approximate surface area is 81.0 Å². The zero-order valence-electron chi connectivity index (χ0n) is 7.49. The molecule has 0 aromatic heterocycles. The maximum absolute atomic E-state index is 10.7. The van der Waals surface area contributed by atoms with Crippen LogP contribution >= 0.6 is 15.6 Å². The Morgan fingerprint density at radius 1 is 1.29 bits per heavy atom. The lowest BCUT2D eigenvalue weighted by atomic mass is 10.3. The van der Waals surface area contributed by atoms with Crippen LogP contribution in [0, 0.1) is 0 Å². The van der Waals surface area contributed by atoms with Crippen LogP contribution in [0.3, 0.4) is 0 Å². The van der Waals surface area contributed by atoms with Crippen LogP contribution in [-0.4, -0.2) is 21.2 Å². The topological polar surface area (TPSA) is 125 Å². The average molecular weight is 249 g/mol. The normalized spacial score (nSPS) is 16.6. The Hall–Kier alpha value is 0.220. The molecular formula is C4H13NO7P2. The summed E-state index contributed by atoms with van der Waals surface area (Å²) >= 11 is 0. The van der Waals surface area contributed by atoms with E-state index in [0.717, 1.165) is 6.42 Å². The summed E-state index contributed by atoms with van der Waals surface area (Å²) in [4.78, 5) is 25.1. The van der Waals surface area contributed by atoms with E-state index >= 15 is 0 Å².